The second-order valence-electron chi connectivity index (χ2n) is 5.41. The number of rotatable bonds is 3. The van der Waals surface area contributed by atoms with Crippen LogP contribution in [0, 0.1) is 5.82 Å². The largest absolute Gasteiger partial charge is 0.591 e. The summed E-state index contributed by atoms with van der Waals surface area (Å²) >= 11 is -1.39. The quantitative estimate of drug-likeness (QED) is 0.688. The predicted octanol–water partition coefficient (Wildman–Crippen LogP) is 3.06. The highest BCUT2D eigenvalue weighted by molar-refractivity contribution is 7.91. The van der Waals surface area contributed by atoms with E-state index in [1.165, 1.54) is 19.1 Å². The minimum Gasteiger partial charge on any atom is -0.591 e. The van der Waals surface area contributed by atoms with Gasteiger partial charge in [-0.05, 0) is 39.8 Å². The Kier molecular flexibility index (Phi) is 5.30. The van der Waals surface area contributed by atoms with Crippen molar-refractivity contribution in [3.8, 4) is 0 Å². The summed E-state index contributed by atoms with van der Waals surface area (Å²) in [4.78, 5) is 10.9. The van der Waals surface area contributed by atoms with Crippen molar-refractivity contribution in [2.24, 2.45) is 4.40 Å². The Labute approximate surface area is 121 Å². The molecule has 0 spiro atoms. The van der Waals surface area contributed by atoms with Gasteiger partial charge < -0.3 is 9.87 Å². The highest BCUT2D eigenvalue weighted by atomic mass is 32.2. The number of carbonyl (C=O) groups excluding carboxylic acids is 1. The van der Waals surface area contributed by atoms with Crippen LogP contribution in [0.15, 0.2) is 22.6 Å². The summed E-state index contributed by atoms with van der Waals surface area (Å²) in [5, 5.41) is 2.39. The fourth-order valence-corrected chi connectivity index (χ4v) is 1.97. The van der Waals surface area contributed by atoms with Gasteiger partial charge in [0.15, 0.2) is 0 Å². The zero-order valence-corrected chi connectivity index (χ0v) is 13.1. The van der Waals surface area contributed by atoms with Gasteiger partial charge in [-0.25, -0.2) is 4.39 Å². The third-order valence-corrected chi connectivity index (χ3v) is 3.93. The van der Waals surface area contributed by atoms with Crippen LogP contribution >= 0.6 is 0 Å². The minimum absolute atomic E-state index is 0.117. The molecular formula is C14H19FN2O2S. The smallest absolute Gasteiger partial charge is 0.221 e. The van der Waals surface area contributed by atoms with E-state index >= 15 is 0 Å². The Morgan fingerprint density at radius 3 is 2.40 bits per heavy atom. The number of anilines is 1. The zero-order valence-electron chi connectivity index (χ0n) is 12.3. The molecule has 0 bridgehead atoms. The molecule has 0 fully saturated rings. The second kappa shape index (κ2) is 6.37. The summed E-state index contributed by atoms with van der Waals surface area (Å²) in [6.45, 7) is 8.45. The van der Waals surface area contributed by atoms with Crippen molar-refractivity contribution in [2.45, 2.75) is 39.4 Å². The zero-order chi connectivity index (χ0) is 15.5. The number of carbonyl (C=O) groups is 1. The highest BCUT2D eigenvalue weighted by Gasteiger charge is 2.26. The van der Waals surface area contributed by atoms with Gasteiger partial charge in [0.25, 0.3) is 0 Å². The SMILES string of the molecule is CC(=O)Nc1ccc(C(C)=N[S+]([O-])C(C)(C)C)cc1F. The average Bonchev–Trinajstić information content (AvgIpc) is 2.29. The summed E-state index contributed by atoms with van der Waals surface area (Å²) in [6, 6.07) is 4.36. The standard InChI is InChI=1S/C14H19FN2O2S/c1-9(17-20(19)14(3,4)5)11-6-7-13(12(15)8-11)16-10(2)18/h6-8H,1-5H3,(H,16,18). The lowest BCUT2D eigenvalue weighted by Crippen LogP contribution is -2.26. The Balaban J connectivity index is 3.01. The lowest BCUT2D eigenvalue weighted by Gasteiger charge is -2.18. The summed E-state index contributed by atoms with van der Waals surface area (Å²) in [7, 11) is 0. The molecule has 20 heavy (non-hydrogen) atoms. The Morgan fingerprint density at radius 1 is 1.35 bits per heavy atom. The Hall–Kier alpha value is -1.40. The third kappa shape index (κ3) is 4.61. The normalized spacial score (nSPS) is 14.1. The molecule has 4 nitrogen and oxygen atoms in total. The van der Waals surface area contributed by atoms with Gasteiger partial charge in [0.1, 0.15) is 21.9 Å². The number of hydrogen-bond donors (Lipinski definition) is 1. The molecule has 0 saturated carbocycles. The third-order valence-electron chi connectivity index (χ3n) is 2.44. The fourth-order valence-electron chi connectivity index (χ4n) is 1.35. The first-order valence-corrected chi connectivity index (χ1v) is 7.26. The predicted molar refractivity (Wildman–Crippen MR) is 80.8 cm³/mol. The number of benzene rings is 1. The number of nitrogens with one attached hydrogen (secondary N) is 1. The number of nitrogens with zero attached hydrogens (tertiary/aromatic N) is 1. The molecule has 6 heteroatoms. The first-order chi connectivity index (χ1) is 9.11. The van der Waals surface area contributed by atoms with Crippen molar-refractivity contribution < 1.29 is 13.7 Å². The van der Waals surface area contributed by atoms with Gasteiger partial charge in [-0.2, -0.15) is 0 Å². The van der Waals surface area contributed by atoms with E-state index < -0.39 is 21.9 Å². The van der Waals surface area contributed by atoms with Gasteiger partial charge >= 0.3 is 0 Å². The van der Waals surface area contributed by atoms with Crippen LogP contribution < -0.4 is 5.32 Å². The average molecular weight is 298 g/mol. The van der Waals surface area contributed by atoms with E-state index in [-0.39, 0.29) is 11.6 Å². The van der Waals surface area contributed by atoms with Crippen LogP contribution in [0.1, 0.15) is 40.2 Å². The van der Waals surface area contributed by atoms with E-state index in [1.54, 1.807) is 13.0 Å². The van der Waals surface area contributed by atoms with Crippen LogP contribution in [0.5, 0.6) is 0 Å². The van der Waals surface area contributed by atoms with E-state index in [0.717, 1.165) is 0 Å². The van der Waals surface area contributed by atoms with Crippen molar-refractivity contribution >= 4 is 28.7 Å². The molecular weight excluding hydrogens is 279 g/mol. The lowest BCUT2D eigenvalue weighted by atomic mass is 10.1. The van der Waals surface area contributed by atoms with Gasteiger partial charge in [0, 0.05) is 12.5 Å². The Morgan fingerprint density at radius 2 is 1.95 bits per heavy atom. The summed E-state index contributed by atoms with van der Waals surface area (Å²) in [5.74, 6) is -0.885. The van der Waals surface area contributed by atoms with E-state index in [4.69, 9.17) is 0 Å². The van der Waals surface area contributed by atoms with Crippen molar-refractivity contribution in [2.75, 3.05) is 5.32 Å². The van der Waals surface area contributed by atoms with Crippen LogP contribution in [-0.2, 0) is 16.2 Å². The number of halogens is 1. The molecule has 0 aliphatic carbocycles. The topological polar surface area (TPSA) is 64.5 Å². The lowest BCUT2D eigenvalue weighted by molar-refractivity contribution is -0.114. The van der Waals surface area contributed by atoms with Gasteiger partial charge in [0.2, 0.25) is 5.91 Å². The van der Waals surface area contributed by atoms with Gasteiger partial charge in [-0.3, -0.25) is 4.79 Å². The minimum atomic E-state index is -1.39. The van der Waals surface area contributed by atoms with E-state index in [9.17, 15) is 13.7 Å². The maximum Gasteiger partial charge on any atom is 0.221 e. The summed E-state index contributed by atoms with van der Waals surface area (Å²) < 4.78 is 29.3. The molecule has 1 aromatic rings. The van der Waals surface area contributed by atoms with Crippen molar-refractivity contribution in [1.82, 2.24) is 0 Å². The highest BCUT2D eigenvalue weighted by Crippen LogP contribution is 2.20. The molecule has 0 aliphatic heterocycles. The molecule has 1 aromatic carbocycles. The van der Waals surface area contributed by atoms with Gasteiger partial charge in [-0.15, -0.1) is 0 Å². The molecule has 1 amide bonds. The molecule has 0 aromatic heterocycles. The second-order valence-corrected chi connectivity index (χ2v) is 7.32. The van der Waals surface area contributed by atoms with Crippen LogP contribution in [0.2, 0.25) is 0 Å². The van der Waals surface area contributed by atoms with Crippen LogP contribution in [-0.4, -0.2) is 20.9 Å². The molecule has 0 radical (unpaired) electrons. The van der Waals surface area contributed by atoms with E-state index in [2.05, 4.69) is 9.71 Å². The van der Waals surface area contributed by atoms with Crippen molar-refractivity contribution in [3.05, 3.63) is 29.6 Å². The van der Waals surface area contributed by atoms with Gasteiger partial charge in [0.05, 0.1) is 11.4 Å². The van der Waals surface area contributed by atoms with Crippen LogP contribution in [0.3, 0.4) is 0 Å². The molecule has 1 rings (SSSR count). The molecule has 0 saturated heterocycles. The van der Waals surface area contributed by atoms with Crippen molar-refractivity contribution in [1.29, 1.82) is 0 Å². The number of hydrogen-bond acceptors (Lipinski definition) is 3. The first-order valence-electron chi connectivity index (χ1n) is 6.16. The van der Waals surface area contributed by atoms with Crippen LogP contribution in [0.25, 0.3) is 0 Å². The molecule has 1 unspecified atom stereocenters. The monoisotopic (exact) mass is 298 g/mol. The molecule has 0 aliphatic rings. The van der Waals surface area contributed by atoms with Gasteiger partial charge in [-0.1, -0.05) is 10.5 Å². The molecule has 110 valence electrons. The molecule has 1 N–H and O–H groups in total. The first kappa shape index (κ1) is 16.7. The summed E-state index contributed by atoms with van der Waals surface area (Å²) in [5.41, 5.74) is 1.15. The van der Waals surface area contributed by atoms with Crippen LogP contribution in [0.4, 0.5) is 10.1 Å². The molecule has 1 atom stereocenters. The maximum absolute atomic E-state index is 13.8. The van der Waals surface area contributed by atoms with Crippen molar-refractivity contribution in [3.63, 3.8) is 0 Å². The number of amides is 1. The molecule has 0 heterocycles. The fraction of sp³-hybridized carbons (Fsp3) is 0.429. The van der Waals surface area contributed by atoms with E-state index in [0.29, 0.717) is 11.3 Å². The Bertz CT molecular complexity index is 538. The summed E-state index contributed by atoms with van der Waals surface area (Å²) in [6.07, 6.45) is 0. The van der Waals surface area contributed by atoms with E-state index in [1.807, 2.05) is 20.8 Å². The maximum atomic E-state index is 13.8.